The van der Waals surface area contributed by atoms with Crippen LogP contribution < -0.4 is 5.32 Å². The highest BCUT2D eigenvalue weighted by atomic mass is 16.1. The predicted molar refractivity (Wildman–Crippen MR) is 85.1 cm³/mol. The van der Waals surface area contributed by atoms with Crippen LogP contribution in [-0.2, 0) is 9.59 Å². The van der Waals surface area contributed by atoms with E-state index in [1.54, 1.807) is 0 Å². The van der Waals surface area contributed by atoms with Gasteiger partial charge in [-0.05, 0) is 73.5 Å². The largest absolute Gasteiger partial charge is 0.353 e. The summed E-state index contributed by atoms with van der Waals surface area (Å²) in [4.78, 5) is 23.3. The summed E-state index contributed by atoms with van der Waals surface area (Å²) < 4.78 is 0. The van der Waals surface area contributed by atoms with Gasteiger partial charge in [0.1, 0.15) is 6.29 Å². The van der Waals surface area contributed by atoms with Crippen molar-refractivity contribution < 1.29 is 9.59 Å². The quantitative estimate of drug-likeness (QED) is 0.755. The summed E-state index contributed by atoms with van der Waals surface area (Å²) in [7, 11) is 0. The molecule has 4 rings (SSSR count). The average Bonchev–Trinajstić information content (AvgIpc) is 2.84. The van der Waals surface area contributed by atoms with E-state index in [9.17, 15) is 9.59 Å². The van der Waals surface area contributed by atoms with Gasteiger partial charge in [0.05, 0.1) is 0 Å². The Morgan fingerprint density at radius 3 is 2.55 bits per heavy atom. The first-order chi connectivity index (χ1) is 10.5. The Balaban J connectivity index is 1.63. The Morgan fingerprint density at radius 2 is 1.77 bits per heavy atom. The molecule has 1 heterocycles. The molecular weight excluding hydrogens is 274 g/mol. The third-order valence-electron chi connectivity index (χ3n) is 8.33. The van der Waals surface area contributed by atoms with Gasteiger partial charge in [-0.3, -0.25) is 4.79 Å². The van der Waals surface area contributed by atoms with Crippen molar-refractivity contribution in [2.75, 3.05) is 0 Å². The minimum atomic E-state index is 0.253. The smallest absolute Gasteiger partial charge is 0.220 e. The highest BCUT2D eigenvalue weighted by Crippen LogP contribution is 2.65. The molecule has 122 valence electrons. The Morgan fingerprint density at radius 1 is 1.00 bits per heavy atom. The number of carbonyl (C=O) groups excluding carboxylic acids is 2. The van der Waals surface area contributed by atoms with Gasteiger partial charge in [-0.2, -0.15) is 0 Å². The molecule has 0 aromatic rings. The van der Waals surface area contributed by atoms with E-state index in [-0.39, 0.29) is 22.7 Å². The van der Waals surface area contributed by atoms with Gasteiger partial charge >= 0.3 is 0 Å². The monoisotopic (exact) mass is 303 g/mol. The number of piperidine rings is 1. The van der Waals surface area contributed by atoms with Gasteiger partial charge < -0.3 is 10.1 Å². The summed E-state index contributed by atoms with van der Waals surface area (Å²) in [6.07, 6.45) is 10.2. The molecule has 1 unspecified atom stereocenters. The van der Waals surface area contributed by atoms with E-state index in [0.29, 0.717) is 12.5 Å². The molecule has 7 atom stereocenters. The first kappa shape index (κ1) is 14.7. The minimum Gasteiger partial charge on any atom is -0.353 e. The van der Waals surface area contributed by atoms with E-state index in [2.05, 4.69) is 19.2 Å². The molecule has 1 amide bonds. The number of hydrogen-bond acceptors (Lipinski definition) is 2. The summed E-state index contributed by atoms with van der Waals surface area (Å²) in [5, 5.41) is 3.29. The maximum atomic E-state index is 11.8. The van der Waals surface area contributed by atoms with Crippen LogP contribution in [0.25, 0.3) is 0 Å². The molecule has 3 heteroatoms. The normalized spacial score (nSPS) is 53.9. The molecule has 1 aliphatic heterocycles. The van der Waals surface area contributed by atoms with Crippen LogP contribution in [0.2, 0.25) is 0 Å². The van der Waals surface area contributed by atoms with Crippen LogP contribution >= 0.6 is 0 Å². The van der Waals surface area contributed by atoms with E-state index >= 15 is 0 Å². The van der Waals surface area contributed by atoms with E-state index in [1.807, 2.05) is 0 Å². The number of amides is 1. The number of carbonyl (C=O) groups is 2. The lowest BCUT2D eigenvalue weighted by Gasteiger charge is -2.60. The number of aldehydes is 1. The van der Waals surface area contributed by atoms with Crippen molar-refractivity contribution in [2.45, 2.75) is 71.3 Å². The Kier molecular flexibility index (Phi) is 3.22. The van der Waals surface area contributed by atoms with Crippen LogP contribution in [0.3, 0.4) is 0 Å². The SMILES string of the molecule is C[C@]12CCC(=O)N[C@@H]1CC[C@@H]1[C@@H]2CC[C@]2(C)C(C=O)CC[C@@H]12. The average molecular weight is 303 g/mol. The predicted octanol–water partition coefficient (Wildman–Crippen LogP) is 3.32. The summed E-state index contributed by atoms with van der Waals surface area (Å²) in [5.41, 5.74) is 0.543. The standard InChI is InChI=1S/C19H29NO2/c1-18-9-7-15-13(14(18)5-3-12(18)11-21)4-6-16-19(15,2)10-8-17(22)20-16/h11-16H,3-10H2,1-2H3,(H,20,22)/t12?,13-,14-,15-,16+,18+,19+/m0/s1. The molecule has 4 aliphatic rings. The van der Waals surface area contributed by atoms with Gasteiger partial charge in [0.25, 0.3) is 0 Å². The van der Waals surface area contributed by atoms with Crippen molar-refractivity contribution in [1.29, 1.82) is 0 Å². The molecule has 22 heavy (non-hydrogen) atoms. The summed E-state index contributed by atoms with van der Waals surface area (Å²) in [5.74, 6) is 2.80. The summed E-state index contributed by atoms with van der Waals surface area (Å²) in [6.45, 7) is 4.82. The number of hydrogen-bond donors (Lipinski definition) is 1. The number of fused-ring (bicyclic) bond motifs is 5. The van der Waals surface area contributed by atoms with Crippen molar-refractivity contribution in [2.24, 2.45) is 34.5 Å². The van der Waals surface area contributed by atoms with Crippen LogP contribution in [0.15, 0.2) is 0 Å². The Bertz CT molecular complexity index is 504. The van der Waals surface area contributed by atoms with Crippen LogP contribution in [0.5, 0.6) is 0 Å². The van der Waals surface area contributed by atoms with Crippen LogP contribution in [0.4, 0.5) is 0 Å². The van der Waals surface area contributed by atoms with Crippen molar-refractivity contribution >= 4 is 12.2 Å². The second-order valence-electron chi connectivity index (χ2n) is 8.94. The third kappa shape index (κ3) is 1.80. The first-order valence-electron chi connectivity index (χ1n) is 9.24. The zero-order chi connectivity index (χ0) is 15.5. The van der Waals surface area contributed by atoms with Crippen molar-refractivity contribution in [3.8, 4) is 0 Å². The maximum Gasteiger partial charge on any atom is 0.220 e. The van der Waals surface area contributed by atoms with Crippen molar-refractivity contribution in [3.63, 3.8) is 0 Å². The van der Waals surface area contributed by atoms with E-state index < -0.39 is 0 Å². The molecule has 1 N–H and O–H groups in total. The second-order valence-corrected chi connectivity index (χ2v) is 8.94. The van der Waals surface area contributed by atoms with E-state index in [0.717, 1.165) is 37.0 Å². The molecule has 0 aromatic heterocycles. The Hall–Kier alpha value is -0.860. The third-order valence-corrected chi connectivity index (χ3v) is 8.33. The number of rotatable bonds is 1. The first-order valence-corrected chi connectivity index (χ1v) is 9.24. The molecule has 0 spiro atoms. The fraction of sp³-hybridized carbons (Fsp3) is 0.895. The van der Waals surface area contributed by atoms with Gasteiger partial charge in [-0.25, -0.2) is 0 Å². The summed E-state index contributed by atoms with van der Waals surface area (Å²) >= 11 is 0. The van der Waals surface area contributed by atoms with Crippen LogP contribution in [0.1, 0.15) is 65.2 Å². The van der Waals surface area contributed by atoms with Crippen LogP contribution in [0, 0.1) is 34.5 Å². The van der Waals surface area contributed by atoms with Gasteiger partial charge in [0.15, 0.2) is 0 Å². The zero-order valence-electron chi connectivity index (χ0n) is 13.9. The highest BCUT2D eigenvalue weighted by molar-refractivity contribution is 5.77. The molecule has 0 aromatic carbocycles. The molecule has 4 fully saturated rings. The lowest BCUT2D eigenvalue weighted by Crippen LogP contribution is -2.61. The second kappa shape index (κ2) is 4.82. The molecular formula is C19H29NO2. The van der Waals surface area contributed by atoms with Crippen molar-refractivity contribution in [3.05, 3.63) is 0 Å². The zero-order valence-corrected chi connectivity index (χ0v) is 13.9. The molecule has 3 nitrogen and oxygen atoms in total. The maximum absolute atomic E-state index is 11.8. The van der Waals surface area contributed by atoms with Gasteiger partial charge in [0, 0.05) is 18.4 Å². The molecule has 3 saturated carbocycles. The lowest BCUT2D eigenvalue weighted by atomic mass is 9.47. The molecule has 3 aliphatic carbocycles. The Labute approximate surface area is 133 Å². The van der Waals surface area contributed by atoms with Crippen molar-refractivity contribution in [1.82, 2.24) is 5.32 Å². The topological polar surface area (TPSA) is 46.2 Å². The summed E-state index contributed by atoms with van der Waals surface area (Å²) in [6, 6.07) is 0.391. The van der Waals surface area contributed by atoms with E-state index in [1.165, 1.54) is 32.0 Å². The van der Waals surface area contributed by atoms with Gasteiger partial charge in [-0.15, -0.1) is 0 Å². The fourth-order valence-corrected chi connectivity index (χ4v) is 6.97. The van der Waals surface area contributed by atoms with Gasteiger partial charge in [-0.1, -0.05) is 13.8 Å². The molecule has 0 radical (unpaired) electrons. The number of nitrogens with one attached hydrogen (secondary N) is 1. The highest BCUT2D eigenvalue weighted by Gasteiger charge is 2.60. The molecule has 1 saturated heterocycles. The lowest BCUT2D eigenvalue weighted by molar-refractivity contribution is -0.138. The minimum absolute atomic E-state index is 0.253. The fourth-order valence-electron chi connectivity index (χ4n) is 6.97. The van der Waals surface area contributed by atoms with Crippen LogP contribution in [-0.4, -0.2) is 18.2 Å². The molecule has 0 bridgehead atoms. The van der Waals surface area contributed by atoms with E-state index in [4.69, 9.17) is 0 Å². The van der Waals surface area contributed by atoms with Gasteiger partial charge in [0.2, 0.25) is 5.91 Å².